The molecule has 0 unspecified atom stereocenters. The normalized spacial score (nSPS) is 16.2. The van der Waals surface area contributed by atoms with E-state index in [1.54, 1.807) is 0 Å². The highest BCUT2D eigenvalue weighted by molar-refractivity contribution is 5.94. The third kappa shape index (κ3) is 3.20. The van der Waals surface area contributed by atoms with E-state index in [9.17, 15) is 4.79 Å². The molecule has 0 saturated heterocycles. The lowest BCUT2D eigenvalue weighted by molar-refractivity contribution is 0.0940. The van der Waals surface area contributed by atoms with E-state index in [0.717, 1.165) is 29.2 Å². The predicted octanol–water partition coefficient (Wildman–Crippen LogP) is 2.50. The summed E-state index contributed by atoms with van der Waals surface area (Å²) in [5, 5.41) is 7.37. The second kappa shape index (κ2) is 5.88. The van der Waals surface area contributed by atoms with Crippen LogP contribution in [-0.4, -0.2) is 32.2 Å². The van der Waals surface area contributed by atoms with Gasteiger partial charge in [0.05, 0.1) is 11.9 Å². The van der Waals surface area contributed by atoms with Gasteiger partial charge in [0.25, 0.3) is 5.91 Å². The average molecular weight is 335 g/mol. The van der Waals surface area contributed by atoms with Crippen LogP contribution in [0.2, 0.25) is 0 Å². The zero-order valence-electron chi connectivity index (χ0n) is 14.4. The average Bonchev–Trinajstić information content (AvgIpc) is 3.18. The van der Waals surface area contributed by atoms with Crippen molar-refractivity contribution in [2.45, 2.75) is 26.7 Å². The third-order valence-corrected chi connectivity index (χ3v) is 4.45. The van der Waals surface area contributed by atoms with Crippen LogP contribution in [0.5, 0.6) is 0 Å². The van der Waals surface area contributed by atoms with Gasteiger partial charge in [0.1, 0.15) is 11.5 Å². The van der Waals surface area contributed by atoms with Crippen molar-refractivity contribution in [2.24, 2.45) is 5.41 Å². The van der Waals surface area contributed by atoms with E-state index in [2.05, 4.69) is 34.2 Å². The third-order valence-electron chi connectivity index (χ3n) is 4.45. The minimum atomic E-state index is -0.0944. The number of rotatable bonds is 3. The number of nitrogens with one attached hydrogen (secondary N) is 2. The Hall–Kier alpha value is -2.89. The van der Waals surface area contributed by atoms with Gasteiger partial charge in [-0.3, -0.25) is 4.79 Å². The van der Waals surface area contributed by atoms with Crippen LogP contribution in [0.1, 0.15) is 41.4 Å². The van der Waals surface area contributed by atoms with E-state index in [0.29, 0.717) is 18.7 Å². The maximum Gasteiger partial charge on any atom is 0.271 e. The molecular formula is C19H21N5O. The lowest BCUT2D eigenvalue weighted by atomic mass is 9.88. The van der Waals surface area contributed by atoms with Crippen molar-refractivity contribution in [2.75, 3.05) is 6.54 Å². The van der Waals surface area contributed by atoms with Crippen LogP contribution >= 0.6 is 0 Å². The van der Waals surface area contributed by atoms with Crippen molar-refractivity contribution in [1.29, 1.82) is 0 Å². The van der Waals surface area contributed by atoms with Gasteiger partial charge in [-0.25, -0.2) is 9.67 Å². The Bertz CT molecular complexity index is 907. The number of H-pyrrole nitrogens is 1. The summed E-state index contributed by atoms with van der Waals surface area (Å²) in [7, 11) is 0. The second-order valence-electron chi connectivity index (χ2n) is 7.34. The highest BCUT2D eigenvalue weighted by Gasteiger charge is 2.29. The number of benzene rings is 1. The fraction of sp³-hybridized carbons (Fsp3) is 0.316. The summed E-state index contributed by atoms with van der Waals surface area (Å²) in [4.78, 5) is 20.1. The van der Waals surface area contributed by atoms with Gasteiger partial charge in [0.15, 0.2) is 0 Å². The molecule has 25 heavy (non-hydrogen) atoms. The van der Waals surface area contributed by atoms with E-state index in [1.807, 2.05) is 47.4 Å². The van der Waals surface area contributed by atoms with Crippen molar-refractivity contribution < 1.29 is 4.79 Å². The molecule has 0 saturated carbocycles. The van der Waals surface area contributed by atoms with Crippen molar-refractivity contribution in [3.05, 3.63) is 65.5 Å². The molecule has 3 aromatic rings. The maximum atomic E-state index is 12.2. The Balaban J connectivity index is 1.58. The first kappa shape index (κ1) is 15.6. The Morgan fingerprint density at radius 1 is 1.24 bits per heavy atom. The number of para-hydroxylation sites is 1. The van der Waals surface area contributed by atoms with E-state index >= 15 is 0 Å². The van der Waals surface area contributed by atoms with Gasteiger partial charge in [0.2, 0.25) is 0 Å². The monoisotopic (exact) mass is 335 g/mol. The summed E-state index contributed by atoms with van der Waals surface area (Å²) in [5.74, 6) is 0.702. The summed E-state index contributed by atoms with van der Waals surface area (Å²) in [6.07, 6.45) is 5.25. The lowest BCUT2D eigenvalue weighted by Crippen LogP contribution is -2.32. The summed E-state index contributed by atoms with van der Waals surface area (Å²) < 4.78 is 1.85. The number of fused-ring (bicyclic) bond motifs is 1. The molecule has 0 fully saturated rings. The first-order chi connectivity index (χ1) is 12.0. The number of carbonyl (C=O) groups excluding carboxylic acids is 1. The number of aromatic amines is 1. The Labute approximate surface area is 146 Å². The van der Waals surface area contributed by atoms with Crippen molar-refractivity contribution in [3.63, 3.8) is 0 Å². The topological polar surface area (TPSA) is 75.6 Å². The summed E-state index contributed by atoms with van der Waals surface area (Å²) in [5.41, 5.74) is 3.53. The molecule has 3 heterocycles. The van der Waals surface area contributed by atoms with Crippen LogP contribution < -0.4 is 5.32 Å². The first-order valence-corrected chi connectivity index (χ1v) is 8.45. The maximum absolute atomic E-state index is 12.2. The molecule has 4 rings (SSSR count). The summed E-state index contributed by atoms with van der Waals surface area (Å²) in [6, 6.07) is 9.98. The summed E-state index contributed by atoms with van der Waals surface area (Å²) >= 11 is 0. The van der Waals surface area contributed by atoms with Crippen molar-refractivity contribution in [1.82, 2.24) is 25.1 Å². The number of imidazole rings is 1. The first-order valence-electron chi connectivity index (χ1n) is 8.45. The lowest BCUT2D eigenvalue weighted by Gasteiger charge is -2.21. The highest BCUT2D eigenvalue weighted by atomic mass is 16.1. The zero-order chi connectivity index (χ0) is 17.4. The van der Waals surface area contributed by atoms with Gasteiger partial charge in [-0.2, -0.15) is 5.10 Å². The molecule has 1 amide bonds. The van der Waals surface area contributed by atoms with Crippen LogP contribution in [0.3, 0.4) is 0 Å². The predicted molar refractivity (Wildman–Crippen MR) is 94.8 cm³/mol. The van der Waals surface area contributed by atoms with Crippen LogP contribution in [0.25, 0.3) is 5.69 Å². The molecule has 0 bridgehead atoms. The number of aromatic nitrogens is 4. The Morgan fingerprint density at radius 3 is 2.84 bits per heavy atom. The van der Waals surface area contributed by atoms with E-state index in [1.165, 1.54) is 0 Å². The SMILES string of the molecule is CC1(C)CNC(=O)c2nc(Cc3cnn(-c4ccccc4)c3)[nH]c2C1. The largest absolute Gasteiger partial charge is 0.350 e. The Morgan fingerprint density at radius 2 is 2.04 bits per heavy atom. The van der Waals surface area contributed by atoms with Crippen LogP contribution in [0, 0.1) is 5.41 Å². The molecule has 1 aliphatic heterocycles. The highest BCUT2D eigenvalue weighted by Crippen LogP contribution is 2.25. The molecule has 2 N–H and O–H groups in total. The summed E-state index contributed by atoms with van der Waals surface area (Å²) in [6.45, 7) is 4.95. The molecule has 0 aliphatic carbocycles. The molecule has 1 aromatic carbocycles. The second-order valence-corrected chi connectivity index (χ2v) is 7.34. The number of hydrogen-bond acceptors (Lipinski definition) is 3. The van der Waals surface area contributed by atoms with Crippen molar-refractivity contribution in [3.8, 4) is 5.69 Å². The van der Waals surface area contributed by atoms with Crippen LogP contribution in [0.4, 0.5) is 0 Å². The van der Waals surface area contributed by atoms with Gasteiger partial charge < -0.3 is 10.3 Å². The minimum Gasteiger partial charge on any atom is -0.350 e. The number of hydrogen-bond donors (Lipinski definition) is 2. The molecule has 128 valence electrons. The molecule has 0 radical (unpaired) electrons. The minimum absolute atomic E-state index is 0.0168. The van der Waals surface area contributed by atoms with Crippen molar-refractivity contribution >= 4 is 5.91 Å². The smallest absolute Gasteiger partial charge is 0.271 e. The zero-order valence-corrected chi connectivity index (χ0v) is 14.4. The molecule has 1 aliphatic rings. The molecule has 0 atom stereocenters. The van der Waals surface area contributed by atoms with Gasteiger partial charge in [0, 0.05) is 24.9 Å². The molecular weight excluding hydrogens is 314 g/mol. The van der Waals surface area contributed by atoms with Gasteiger partial charge >= 0.3 is 0 Å². The Kier molecular flexibility index (Phi) is 3.67. The number of carbonyl (C=O) groups is 1. The van der Waals surface area contributed by atoms with Crippen LogP contribution in [0.15, 0.2) is 42.7 Å². The molecule has 2 aromatic heterocycles. The van der Waals surface area contributed by atoms with E-state index in [-0.39, 0.29) is 11.3 Å². The van der Waals surface area contributed by atoms with E-state index < -0.39 is 0 Å². The number of nitrogens with zero attached hydrogens (tertiary/aromatic N) is 3. The van der Waals surface area contributed by atoms with Gasteiger partial charge in [-0.15, -0.1) is 0 Å². The number of amides is 1. The van der Waals surface area contributed by atoms with Crippen LogP contribution in [-0.2, 0) is 12.8 Å². The fourth-order valence-electron chi connectivity index (χ4n) is 3.17. The van der Waals surface area contributed by atoms with Gasteiger partial charge in [-0.1, -0.05) is 32.0 Å². The fourth-order valence-corrected chi connectivity index (χ4v) is 3.17. The molecule has 6 heteroatoms. The van der Waals surface area contributed by atoms with E-state index in [4.69, 9.17) is 0 Å². The molecule has 6 nitrogen and oxygen atoms in total. The standard InChI is InChI=1S/C19H21N5O/c1-19(2)9-15-17(18(25)20-12-19)23-16(22-15)8-13-10-21-24(11-13)14-6-4-3-5-7-14/h3-7,10-11H,8-9,12H2,1-2H3,(H,20,25)(H,22,23). The molecule has 0 spiro atoms. The van der Waals surface area contributed by atoms with Gasteiger partial charge in [-0.05, 0) is 29.5 Å². The quantitative estimate of drug-likeness (QED) is 0.772.